The molecular weight excluding hydrogens is 250 g/mol. The molecule has 20 heavy (non-hydrogen) atoms. The van der Waals surface area contributed by atoms with Gasteiger partial charge in [0.1, 0.15) is 5.82 Å². The molecule has 5 nitrogen and oxygen atoms in total. The largest absolute Gasteiger partial charge is 0.381 e. The maximum absolute atomic E-state index is 4.40. The quantitative estimate of drug-likeness (QED) is 0.764. The molecule has 1 aromatic carbocycles. The molecule has 0 bridgehead atoms. The molecule has 0 unspecified atom stereocenters. The van der Waals surface area contributed by atoms with Gasteiger partial charge < -0.3 is 10.3 Å². The fraction of sp³-hybridized carbons (Fsp3) is 0.333. The molecule has 2 N–H and O–H groups in total. The summed E-state index contributed by atoms with van der Waals surface area (Å²) >= 11 is 0. The van der Waals surface area contributed by atoms with E-state index in [0.717, 1.165) is 29.1 Å². The number of hydrogen-bond donors (Lipinski definition) is 2. The monoisotopic (exact) mass is 269 g/mol. The number of aromatic amines is 1. The van der Waals surface area contributed by atoms with Crippen molar-refractivity contribution in [2.24, 2.45) is 0 Å². The number of anilines is 1. The SMILES string of the molecule is Cc1nc2ccc(NCc3cnn(C(C)C)c3)cc2[nH]1. The van der Waals surface area contributed by atoms with Crippen molar-refractivity contribution >= 4 is 16.7 Å². The minimum absolute atomic E-state index is 0.396. The van der Waals surface area contributed by atoms with E-state index in [-0.39, 0.29) is 0 Å². The first-order valence-corrected chi connectivity index (χ1v) is 6.85. The van der Waals surface area contributed by atoms with Crippen LogP contribution in [0.4, 0.5) is 5.69 Å². The van der Waals surface area contributed by atoms with Gasteiger partial charge >= 0.3 is 0 Å². The Morgan fingerprint density at radius 2 is 2.20 bits per heavy atom. The van der Waals surface area contributed by atoms with Crippen LogP contribution in [0.5, 0.6) is 0 Å². The number of nitrogens with zero attached hydrogens (tertiary/aromatic N) is 3. The molecule has 0 aliphatic rings. The molecule has 0 aliphatic heterocycles. The highest BCUT2D eigenvalue weighted by atomic mass is 15.3. The first-order chi connectivity index (χ1) is 9.61. The topological polar surface area (TPSA) is 58.5 Å². The van der Waals surface area contributed by atoms with Crippen molar-refractivity contribution in [3.8, 4) is 0 Å². The highest BCUT2D eigenvalue weighted by Gasteiger charge is 2.03. The van der Waals surface area contributed by atoms with Crippen LogP contribution >= 0.6 is 0 Å². The molecule has 3 rings (SSSR count). The molecular formula is C15H19N5. The van der Waals surface area contributed by atoms with Gasteiger partial charge in [0, 0.05) is 30.0 Å². The highest BCUT2D eigenvalue weighted by molar-refractivity contribution is 5.79. The lowest BCUT2D eigenvalue weighted by atomic mass is 10.2. The zero-order valence-electron chi connectivity index (χ0n) is 12.0. The number of H-pyrrole nitrogens is 1. The third-order valence-electron chi connectivity index (χ3n) is 3.28. The number of benzene rings is 1. The van der Waals surface area contributed by atoms with Crippen LogP contribution in [0.2, 0.25) is 0 Å². The second-order valence-corrected chi connectivity index (χ2v) is 5.33. The summed E-state index contributed by atoms with van der Waals surface area (Å²) in [4.78, 5) is 7.65. The molecule has 0 spiro atoms. The van der Waals surface area contributed by atoms with Gasteiger partial charge in [-0.2, -0.15) is 5.10 Å². The van der Waals surface area contributed by atoms with E-state index in [4.69, 9.17) is 0 Å². The summed E-state index contributed by atoms with van der Waals surface area (Å²) in [5.41, 5.74) is 4.32. The van der Waals surface area contributed by atoms with Crippen LogP contribution in [0.15, 0.2) is 30.6 Å². The minimum atomic E-state index is 0.396. The Morgan fingerprint density at radius 1 is 1.35 bits per heavy atom. The zero-order chi connectivity index (χ0) is 14.1. The average molecular weight is 269 g/mol. The normalized spacial score (nSPS) is 11.4. The van der Waals surface area contributed by atoms with Crippen LogP contribution in [0.25, 0.3) is 11.0 Å². The van der Waals surface area contributed by atoms with Crippen molar-refractivity contribution in [3.05, 3.63) is 42.0 Å². The number of fused-ring (bicyclic) bond motifs is 1. The van der Waals surface area contributed by atoms with Gasteiger partial charge in [-0.1, -0.05) is 0 Å². The number of nitrogens with one attached hydrogen (secondary N) is 2. The number of imidazole rings is 1. The van der Waals surface area contributed by atoms with Gasteiger partial charge in [0.05, 0.1) is 17.2 Å². The van der Waals surface area contributed by atoms with Crippen molar-refractivity contribution in [2.45, 2.75) is 33.4 Å². The first-order valence-electron chi connectivity index (χ1n) is 6.85. The maximum atomic E-state index is 4.40. The molecule has 104 valence electrons. The van der Waals surface area contributed by atoms with Crippen LogP contribution in [0.1, 0.15) is 31.3 Å². The molecule has 0 saturated carbocycles. The van der Waals surface area contributed by atoms with Crippen molar-refractivity contribution in [1.29, 1.82) is 0 Å². The molecule has 3 aromatic rings. The third kappa shape index (κ3) is 2.52. The molecule has 2 aromatic heterocycles. The summed E-state index contributed by atoms with van der Waals surface area (Å²) in [5.74, 6) is 0.940. The van der Waals surface area contributed by atoms with Crippen LogP contribution in [-0.2, 0) is 6.54 Å². The van der Waals surface area contributed by atoms with E-state index in [9.17, 15) is 0 Å². The van der Waals surface area contributed by atoms with Gasteiger partial charge in [0.2, 0.25) is 0 Å². The van der Waals surface area contributed by atoms with E-state index in [2.05, 4.69) is 52.6 Å². The number of rotatable bonds is 4. The van der Waals surface area contributed by atoms with Crippen LogP contribution < -0.4 is 5.32 Å². The summed E-state index contributed by atoms with van der Waals surface area (Å²) in [6, 6.07) is 6.56. The number of hydrogen-bond acceptors (Lipinski definition) is 3. The number of aryl methyl sites for hydroxylation is 1. The summed E-state index contributed by atoms with van der Waals surface area (Å²) in [6.45, 7) is 6.98. The van der Waals surface area contributed by atoms with Gasteiger partial charge in [-0.05, 0) is 39.0 Å². The van der Waals surface area contributed by atoms with Crippen molar-refractivity contribution < 1.29 is 0 Å². The Bertz CT molecular complexity index is 723. The van der Waals surface area contributed by atoms with Crippen molar-refractivity contribution in [3.63, 3.8) is 0 Å². The zero-order valence-corrected chi connectivity index (χ0v) is 12.0. The fourth-order valence-electron chi connectivity index (χ4n) is 2.20. The van der Waals surface area contributed by atoms with E-state index in [1.165, 1.54) is 5.56 Å². The Balaban J connectivity index is 1.72. The van der Waals surface area contributed by atoms with Crippen LogP contribution in [0.3, 0.4) is 0 Å². The summed E-state index contributed by atoms with van der Waals surface area (Å²) in [6.07, 6.45) is 3.99. The van der Waals surface area contributed by atoms with Crippen LogP contribution in [-0.4, -0.2) is 19.7 Å². The minimum Gasteiger partial charge on any atom is -0.381 e. The second kappa shape index (κ2) is 5.00. The Kier molecular flexibility index (Phi) is 3.18. The standard InChI is InChI=1S/C15H19N5/c1-10(2)20-9-12(8-17-20)7-16-13-4-5-14-15(6-13)19-11(3)18-14/h4-6,8-10,16H,7H2,1-3H3,(H,18,19). The Hall–Kier alpha value is -2.30. The van der Waals surface area contributed by atoms with Gasteiger partial charge in [-0.3, -0.25) is 4.68 Å². The van der Waals surface area contributed by atoms with Gasteiger partial charge in [-0.25, -0.2) is 4.98 Å². The van der Waals surface area contributed by atoms with Crippen molar-refractivity contribution in [2.75, 3.05) is 5.32 Å². The molecule has 0 saturated heterocycles. The lowest BCUT2D eigenvalue weighted by molar-refractivity contribution is 0.532. The molecule has 0 radical (unpaired) electrons. The van der Waals surface area contributed by atoms with E-state index in [1.807, 2.05) is 23.9 Å². The summed E-state index contributed by atoms with van der Waals surface area (Å²) in [7, 11) is 0. The predicted molar refractivity (Wildman–Crippen MR) is 80.8 cm³/mol. The third-order valence-corrected chi connectivity index (χ3v) is 3.28. The molecule has 0 aliphatic carbocycles. The van der Waals surface area contributed by atoms with E-state index >= 15 is 0 Å². The second-order valence-electron chi connectivity index (χ2n) is 5.33. The fourth-order valence-corrected chi connectivity index (χ4v) is 2.20. The molecule has 0 atom stereocenters. The maximum Gasteiger partial charge on any atom is 0.104 e. The van der Waals surface area contributed by atoms with Gasteiger partial charge in [-0.15, -0.1) is 0 Å². The smallest absolute Gasteiger partial charge is 0.104 e. The lowest BCUT2D eigenvalue weighted by Gasteiger charge is -2.05. The van der Waals surface area contributed by atoms with E-state index in [1.54, 1.807) is 0 Å². The van der Waals surface area contributed by atoms with Gasteiger partial charge in [0.25, 0.3) is 0 Å². The first kappa shape index (κ1) is 12.7. The Labute approximate surface area is 118 Å². The van der Waals surface area contributed by atoms with Crippen molar-refractivity contribution in [1.82, 2.24) is 19.7 Å². The molecule has 0 amide bonds. The predicted octanol–water partition coefficient (Wildman–Crippen LogP) is 3.26. The molecule has 2 heterocycles. The van der Waals surface area contributed by atoms with Gasteiger partial charge in [0.15, 0.2) is 0 Å². The van der Waals surface area contributed by atoms with Crippen LogP contribution in [0, 0.1) is 6.92 Å². The molecule has 0 fully saturated rings. The summed E-state index contributed by atoms with van der Waals surface area (Å²) in [5, 5.41) is 7.76. The Morgan fingerprint density at radius 3 is 2.95 bits per heavy atom. The van der Waals surface area contributed by atoms with E-state index < -0.39 is 0 Å². The average Bonchev–Trinajstić information content (AvgIpc) is 3.00. The molecule has 5 heteroatoms. The van der Waals surface area contributed by atoms with E-state index in [0.29, 0.717) is 6.04 Å². The summed E-state index contributed by atoms with van der Waals surface area (Å²) < 4.78 is 1.97. The number of aromatic nitrogens is 4. The highest BCUT2D eigenvalue weighted by Crippen LogP contribution is 2.18. The lowest BCUT2D eigenvalue weighted by Crippen LogP contribution is -2.01.